The highest BCUT2D eigenvalue weighted by atomic mass is 35.5. The molecule has 4 nitrogen and oxygen atoms in total. The SMILES string of the molecule is N#Cc1ccc(O[C@H]2c3ccccc3CC[C@@H]2N2CCC[C@@H](N)C2)c(Cl)c1. The van der Waals surface area contributed by atoms with E-state index in [0.29, 0.717) is 16.3 Å². The van der Waals surface area contributed by atoms with Crippen molar-refractivity contribution in [2.24, 2.45) is 5.73 Å². The molecule has 1 aliphatic heterocycles. The third-order valence-corrected chi connectivity index (χ3v) is 5.99. The van der Waals surface area contributed by atoms with Crippen LogP contribution in [0.15, 0.2) is 42.5 Å². The lowest BCUT2D eigenvalue weighted by molar-refractivity contribution is 0.0368. The first kappa shape index (κ1) is 18.3. The van der Waals surface area contributed by atoms with Crippen LogP contribution in [0.4, 0.5) is 0 Å². The van der Waals surface area contributed by atoms with Crippen LogP contribution in [0.25, 0.3) is 0 Å². The smallest absolute Gasteiger partial charge is 0.139 e. The number of ether oxygens (including phenoxy) is 1. The van der Waals surface area contributed by atoms with Crippen molar-refractivity contribution in [3.63, 3.8) is 0 Å². The van der Waals surface area contributed by atoms with Gasteiger partial charge >= 0.3 is 0 Å². The Bertz CT molecular complexity index is 863. The first-order chi connectivity index (χ1) is 13.2. The van der Waals surface area contributed by atoms with Crippen molar-refractivity contribution in [1.82, 2.24) is 4.90 Å². The van der Waals surface area contributed by atoms with Crippen molar-refractivity contribution in [2.45, 2.75) is 43.9 Å². The van der Waals surface area contributed by atoms with Crippen LogP contribution < -0.4 is 10.5 Å². The monoisotopic (exact) mass is 381 g/mol. The number of nitrogens with two attached hydrogens (primary N) is 1. The summed E-state index contributed by atoms with van der Waals surface area (Å²) in [5.74, 6) is 0.628. The molecule has 0 spiro atoms. The van der Waals surface area contributed by atoms with E-state index in [1.165, 1.54) is 11.1 Å². The summed E-state index contributed by atoms with van der Waals surface area (Å²) in [4.78, 5) is 2.49. The molecule has 0 saturated carbocycles. The van der Waals surface area contributed by atoms with Crippen molar-refractivity contribution >= 4 is 11.6 Å². The lowest BCUT2D eigenvalue weighted by Gasteiger charge is -2.43. The molecule has 1 aliphatic carbocycles. The van der Waals surface area contributed by atoms with E-state index in [1.54, 1.807) is 18.2 Å². The van der Waals surface area contributed by atoms with Gasteiger partial charge in [0.25, 0.3) is 0 Å². The van der Waals surface area contributed by atoms with Gasteiger partial charge < -0.3 is 10.5 Å². The van der Waals surface area contributed by atoms with Crippen LogP contribution >= 0.6 is 11.6 Å². The van der Waals surface area contributed by atoms with Crippen molar-refractivity contribution in [3.8, 4) is 11.8 Å². The minimum Gasteiger partial charge on any atom is -0.483 e. The first-order valence-electron chi connectivity index (χ1n) is 9.59. The maximum atomic E-state index is 9.07. The molecule has 4 rings (SSSR count). The maximum Gasteiger partial charge on any atom is 0.139 e. The molecule has 3 atom stereocenters. The number of hydrogen-bond donors (Lipinski definition) is 1. The molecule has 140 valence electrons. The van der Waals surface area contributed by atoms with Gasteiger partial charge in [-0.15, -0.1) is 0 Å². The number of nitrogens with zero attached hydrogens (tertiary/aromatic N) is 2. The lowest BCUT2D eigenvalue weighted by Crippen LogP contribution is -2.51. The molecule has 0 unspecified atom stereocenters. The Morgan fingerprint density at radius 2 is 2.04 bits per heavy atom. The van der Waals surface area contributed by atoms with Gasteiger partial charge in [0.1, 0.15) is 11.9 Å². The number of fused-ring (bicyclic) bond motifs is 1. The molecule has 2 aliphatic rings. The predicted octanol–water partition coefficient (Wildman–Crippen LogP) is 4.07. The van der Waals surface area contributed by atoms with E-state index in [1.807, 2.05) is 0 Å². The Morgan fingerprint density at radius 1 is 1.19 bits per heavy atom. The second-order valence-corrected chi connectivity index (χ2v) is 7.90. The molecule has 2 aromatic carbocycles. The van der Waals surface area contributed by atoms with Crippen LogP contribution in [0.2, 0.25) is 5.02 Å². The summed E-state index contributed by atoms with van der Waals surface area (Å²) in [6.07, 6.45) is 4.22. The third kappa shape index (κ3) is 3.82. The van der Waals surface area contributed by atoms with Crippen molar-refractivity contribution in [1.29, 1.82) is 5.26 Å². The molecule has 1 heterocycles. The Labute approximate surface area is 165 Å². The van der Waals surface area contributed by atoms with Gasteiger partial charge in [0, 0.05) is 12.6 Å². The van der Waals surface area contributed by atoms with Gasteiger partial charge in [-0.2, -0.15) is 5.26 Å². The molecule has 27 heavy (non-hydrogen) atoms. The van der Waals surface area contributed by atoms with E-state index in [2.05, 4.69) is 35.2 Å². The lowest BCUT2D eigenvalue weighted by atomic mass is 9.84. The molecule has 0 aromatic heterocycles. The fourth-order valence-corrected chi connectivity index (χ4v) is 4.59. The van der Waals surface area contributed by atoms with Crippen molar-refractivity contribution in [3.05, 3.63) is 64.2 Å². The number of halogens is 1. The summed E-state index contributed by atoms with van der Waals surface area (Å²) >= 11 is 6.40. The van der Waals surface area contributed by atoms with E-state index in [4.69, 9.17) is 27.3 Å². The highest BCUT2D eigenvalue weighted by Crippen LogP contribution is 2.39. The number of piperidine rings is 1. The Morgan fingerprint density at radius 3 is 2.81 bits per heavy atom. The van der Waals surface area contributed by atoms with Gasteiger partial charge in [0.2, 0.25) is 0 Å². The van der Waals surface area contributed by atoms with Gasteiger partial charge in [-0.3, -0.25) is 4.90 Å². The predicted molar refractivity (Wildman–Crippen MR) is 107 cm³/mol. The summed E-state index contributed by atoms with van der Waals surface area (Å²) in [5.41, 5.74) is 9.35. The minimum absolute atomic E-state index is 0.0920. The summed E-state index contributed by atoms with van der Waals surface area (Å²) in [7, 11) is 0. The van der Waals surface area contributed by atoms with Crippen molar-refractivity contribution < 1.29 is 4.74 Å². The number of nitriles is 1. The van der Waals surface area contributed by atoms with Crippen LogP contribution in [-0.2, 0) is 6.42 Å². The Balaban J connectivity index is 1.67. The average molecular weight is 382 g/mol. The van der Waals surface area contributed by atoms with Gasteiger partial charge in [0.05, 0.1) is 22.7 Å². The van der Waals surface area contributed by atoms with Crippen LogP contribution in [0.3, 0.4) is 0 Å². The fraction of sp³-hybridized carbons (Fsp3) is 0.409. The number of likely N-dealkylation sites (tertiary alicyclic amines) is 1. The maximum absolute atomic E-state index is 9.07. The van der Waals surface area contributed by atoms with Gasteiger partial charge in [-0.1, -0.05) is 35.9 Å². The van der Waals surface area contributed by atoms with E-state index in [-0.39, 0.29) is 18.2 Å². The molecular formula is C22H24ClN3O. The van der Waals surface area contributed by atoms with Crippen molar-refractivity contribution in [2.75, 3.05) is 13.1 Å². The summed E-state index contributed by atoms with van der Waals surface area (Å²) in [6, 6.07) is 16.3. The highest BCUT2D eigenvalue weighted by molar-refractivity contribution is 6.32. The minimum atomic E-state index is -0.0920. The van der Waals surface area contributed by atoms with E-state index < -0.39 is 0 Å². The molecule has 5 heteroatoms. The molecular weight excluding hydrogens is 358 g/mol. The molecule has 0 bridgehead atoms. The summed E-state index contributed by atoms with van der Waals surface area (Å²) in [5, 5.41) is 9.55. The normalized spacial score (nSPS) is 25.4. The number of hydrogen-bond acceptors (Lipinski definition) is 4. The molecule has 0 radical (unpaired) electrons. The second kappa shape index (κ2) is 7.90. The van der Waals surface area contributed by atoms with E-state index >= 15 is 0 Å². The number of aryl methyl sites for hydroxylation is 1. The molecule has 2 aromatic rings. The molecule has 1 saturated heterocycles. The molecule has 1 fully saturated rings. The fourth-order valence-electron chi connectivity index (χ4n) is 4.36. The van der Waals surface area contributed by atoms with Crippen LogP contribution in [0.1, 0.15) is 42.1 Å². The zero-order valence-electron chi connectivity index (χ0n) is 15.3. The topological polar surface area (TPSA) is 62.3 Å². The van der Waals surface area contributed by atoms with Crippen LogP contribution in [0, 0.1) is 11.3 Å². The zero-order valence-corrected chi connectivity index (χ0v) is 16.0. The Kier molecular flexibility index (Phi) is 5.36. The summed E-state index contributed by atoms with van der Waals surface area (Å²) < 4.78 is 6.49. The molecule has 0 amide bonds. The van der Waals surface area contributed by atoms with Gasteiger partial charge in [-0.25, -0.2) is 0 Å². The van der Waals surface area contributed by atoms with E-state index in [9.17, 15) is 0 Å². The average Bonchev–Trinajstić information content (AvgIpc) is 2.69. The van der Waals surface area contributed by atoms with Gasteiger partial charge in [0.15, 0.2) is 0 Å². The van der Waals surface area contributed by atoms with Crippen LogP contribution in [-0.4, -0.2) is 30.1 Å². The Hall–Kier alpha value is -2.06. The summed E-state index contributed by atoms with van der Waals surface area (Å²) in [6.45, 7) is 1.97. The standard InChI is InChI=1S/C22H24ClN3O/c23-19-12-15(13-24)7-10-21(19)27-22-18-6-2-1-4-16(18)8-9-20(22)26-11-3-5-17(25)14-26/h1-2,4,6-7,10,12,17,20,22H,3,5,8-9,11,14,25H2/t17-,20+,22+/m1/s1. The van der Waals surface area contributed by atoms with Crippen LogP contribution in [0.5, 0.6) is 5.75 Å². The highest BCUT2D eigenvalue weighted by Gasteiger charge is 2.37. The third-order valence-electron chi connectivity index (χ3n) is 5.69. The number of rotatable bonds is 3. The van der Waals surface area contributed by atoms with Gasteiger partial charge in [-0.05, 0) is 61.6 Å². The zero-order chi connectivity index (χ0) is 18.8. The number of benzene rings is 2. The quantitative estimate of drug-likeness (QED) is 0.870. The largest absolute Gasteiger partial charge is 0.483 e. The van der Waals surface area contributed by atoms with E-state index in [0.717, 1.165) is 38.8 Å². The molecule has 2 N–H and O–H groups in total. The second-order valence-electron chi connectivity index (χ2n) is 7.50. The first-order valence-corrected chi connectivity index (χ1v) is 9.97.